The quantitative estimate of drug-likeness (QED) is 0.457. The van der Waals surface area contributed by atoms with Gasteiger partial charge in [0.2, 0.25) is 0 Å². The number of fused-ring (bicyclic) bond motifs is 1. The minimum Gasteiger partial charge on any atom is -0.366 e. The molecule has 0 radical (unpaired) electrons. The summed E-state index contributed by atoms with van der Waals surface area (Å²) in [7, 11) is 0. The van der Waals surface area contributed by atoms with Crippen LogP contribution in [-0.4, -0.2) is 24.6 Å². The normalized spacial score (nSPS) is 25.4. The Morgan fingerprint density at radius 1 is 1.03 bits per heavy atom. The van der Waals surface area contributed by atoms with Crippen molar-refractivity contribution in [1.82, 2.24) is 0 Å². The first-order valence-corrected chi connectivity index (χ1v) is 10.7. The van der Waals surface area contributed by atoms with Crippen LogP contribution < -0.4 is 9.80 Å². The van der Waals surface area contributed by atoms with E-state index in [0.29, 0.717) is 24.1 Å². The number of nitrogens with zero attached hydrogens (tertiary/aromatic N) is 3. The average Bonchev–Trinajstić information content (AvgIpc) is 3.27. The standard InChI is InChI=1S/C22H22ClF2N3O2/c23-17-6-5-13(8-21(17)28(29)30)20-2-1-7-27(20)16-9-18(24)22(19(25)10-16)26-11-14-3-4-15(14)12-26/h5-6,8-10,14-15,20H,1-4,7,11-12H2/t14-,15+,20-/m1/s1. The Kier molecular flexibility index (Phi) is 4.81. The monoisotopic (exact) mass is 433 g/mol. The molecule has 3 atom stereocenters. The number of benzene rings is 2. The van der Waals surface area contributed by atoms with Gasteiger partial charge < -0.3 is 9.80 Å². The lowest BCUT2D eigenvalue weighted by atomic mass is 9.77. The van der Waals surface area contributed by atoms with E-state index in [-0.39, 0.29) is 22.4 Å². The van der Waals surface area contributed by atoms with Crippen molar-refractivity contribution in [3.05, 3.63) is 62.7 Å². The van der Waals surface area contributed by atoms with Crippen LogP contribution in [0.25, 0.3) is 0 Å². The van der Waals surface area contributed by atoms with Gasteiger partial charge in [-0.2, -0.15) is 0 Å². The molecule has 158 valence electrons. The van der Waals surface area contributed by atoms with Gasteiger partial charge >= 0.3 is 0 Å². The Morgan fingerprint density at radius 2 is 1.70 bits per heavy atom. The minimum atomic E-state index is -0.543. The molecule has 8 heteroatoms. The van der Waals surface area contributed by atoms with Gasteiger partial charge in [0.25, 0.3) is 5.69 Å². The zero-order chi connectivity index (χ0) is 21.0. The molecular formula is C22H22ClF2N3O2. The SMILES string of the molecule is O=[N+]([O-])c1cc([C@H]2CCCN2c2cc(F)c(N3C[C@H]4CC[C@H]4C3)c(F)c2)ccc1Cl. The molecule has 1 aliphatic carbocycles. The molecule has 0 aromatic heterocycles. The van der Waals surface area contributed by atoms with Crippen molar-refractivity contribution in [3.8, 4) is 0 Å². The van der Waals surface area contributed by atoms with E-state index < -0.39 is 16.6 Å². The van der Waals surface area contributed by atoms with Crippen molar-refractivity contribution in [3.63, 3.8) is 0 Å². The van der Waals surface area contributed by atoms with Crippen molar-refractivity contribution >= 4 is 28.7 Å². The first-order valence-electron chi connectivity index (χ1n) is 10.4. The Hall–Kier alpha value is -2.41. The topological polar surface area (TPSA) is 49.6 Å². The minimum absolute atomic E-state index is 0.0750. The van der Waals surface area contributed by atoms with E-state index in [1.54, 1.807) is 6.07 Å². The van der Waals surface area contributed by atoms with Crippen LogP contribution in [0.15, 0.2) is 30.3 Å². The van der Waals surface area contributed by atoms with Gasteiger partial charge in [0.15, 0.2) is 11.6 Å². The van der Waals surface area contributed by atoms with Gasteiger partial charge in [-0.15, -0.1) is 0 Å². The van der Waals surface area contributed by atoms with Crippen LogP contribution in [0.4, 0.5) is 25.8 Å². The lowest BCUT2D eigenvalue weighted by molar-refractivity contribution is -0.384. The second-order valence-electron chi connectivity index (χ2n) is 8.58. The molecule has 0 spiro atoms. The zero-order valence-electron chi connectivity index (χ0n) is 16.4. The summed E-state index contributed by atoms with van der Waals surface area (Å²) < 4.78 is 30.1. The molecule has 2 aromatic carbocycles. The molecule has 2 saturated heterocycles. The molecule has 0 N–H and O–H groups in total. The van der Waals surface area contributed by atoms with Gasteiger partial charge in [-0.3, -0.25) is 10.1 Å². The summed E-state index contributed by atoms with van der Waals surface area (Å²) in [5.41, 5.74) is 1.11. The van der Waals surface area contributed by atoms with Gasteiger partial charge in [0, 0.05) is 31.4 Å². The van der Waals surface area contributed by atoms with E-state index in [1.165, 1.54) is 24.3 Å². The van der Waals surface area contributed by atoms with Crippen molar-refractivity contribution in [2.24, 2.45) is 11.8 Å². The van der Waals surface area contributed by atoms with Crippen molar-refractivity contribution in [2.45, 2.75) is 31.7 Å². The van der Waals surface area contributed by atoms with E-state index >= 15 is 8.78 Å². The zero-order valence-corrected chi connectivity index (χ0v) is 17.1. The predicted molar refractivity (Wildman–Crippen MR) is 112 cm³/mol. The fraction of sp³-hybridized carbons (Fsp3) is 0.455. The van der Waals surface area contributed by atoms with Crippen LogP contribution in [0.3, 0.4) is 0 Å². The predicted octanol–water partition coefficient (Wildman–Crippen LogP) is 5.71. The van der Waals surface area contributed by atoms with E-state index in [0.717, 1.165) is 44.3 Å². The third-order valence-electron chi connectivity index (χ3n) is 6.94. The molecule has 0 bridgehead atoms. The van der Waals surface area contributed by atoms with E-state index in [9.17, 15) is 10.1 Å². The fourth-order valence-corrected chi connectivity index (χ4v) is 5.45. The maximum atomic E-state index is 15.0. The van der Waals surface area contributed by atoms with Crippen LogP contribution in [0.2, 0.25) is 5.02 Å². The molecule has 3 aliphatic rings. The molecule has 5 nitrogen and oxygen atoms in total. The van der Waals surface area contributed by atoms with Crippen molar-refractivity contribution < 1.29 is 13.7 Å². The van der Waals surface area contributed by atoms with Gasteiger partial charge in [-0.05, 0) is 61.3 Å². The number of anilines is 2. The summed E-state index contributed by atoms with van der Waals surface area (Å²) in [5, 5.41) is 11.3. The fourth-order valence-electron chi connectivity index (χ4n) is 5.26. The second-order valence-corrected chi connectivity index (χ2v) is 8.99. The molecule has 3 fully saturated rings. The Bertz CT molecular complexity index is 983. The van der Waals surface area contributed by atoms with Crippen LogP contribution >= 0.6 is 11.6 Å². The number of nitro benzene ring substituents is 1. The van der Waals surface area contributed by atoms with Gasteiger partial charge in [-0.1, -0.05) is 17.7 Å². The summed E-state index contributed by atoms with van der Waals surface area (Å²) in [6, 6.07) is 7.35. The third kappa shape index (κ3) is 3.20. The van der Waals surface area contributed by atoms with E-state index in [2.05, 4.69) is 0 Å². The molecule has 2 aromatic rings. The van der Waals surface area contributed by atoms with Crippen molar-refractivity contribution in [1.29, 1.82) is 0 Å². The molecular weight excluding hydrogens is 412 g/mol. The van der Waals surface area contributed by atoms with E-state index in [1.807, 2.05) is 9.80 Å². The molecule has 2 heterocycles. The van der Waals surface area contributed by atoms with Crippen LogP contribution in [0, 0.1) is 33.6 Å². The molecule has 0 amide bonds. The molecule has 0 unspecified atom stereocenters. The molecule has 2 aliphatic heterocycles. The first-order chi connectivity index (χ1) is 14.4. The maximum Gasteiger partial charge on any atom is 0.288 e. The smallest absolute Gasteiger partial charge is 0.288 e. The first kappa shape index (κ1) is 19.5. The van der Waals surface area contributed by atoms with Gasteiger partial charge in [0.05, 0.1) is 11.0 Å². The highest BCUT2D eigenvalue weighted by molar-refractivity contribution is 6.32. The Balaban J connectivity index is 1.45. The summed E-state index contributed by atoms with van der Waals surface area (Å²) in [6.45, 7) is 2.07. The number of hydrogen-bond acceptors (Lipinski definition) is 4. The van der Waals surface area contributed by atoms with Crippen LogP contribution in [-0.2, 0) is 0 Å². The maximum absolute atomic E-state index is 15.0. The number of rotatable bonds is 4. The van der Waals surface area contributed by atoms with E-state index in [4.69, 9.17) is 11.6 Å². The Labute approximate surface area is 178 Å². The average molecular weight is 434 g/mol. The lowest BCUT2D eigenvalue weighted by Crippen LogP contribution is -2.25. The number of hydrogen-bond donors (Lipinski definition) is 0. The third-order valence-corrected chi connectivity index (χ3v) is 7.26. The Morgan fingerprint density at radius 3 is 2.30 bits per heavy atom. The largest absolute Gasteiger partial charge is 0.366 e. The van der Waals surface area contributed by atoms with Gasteiger partial charge in [-0.25, -0.2) is 8.78 Å². The van der Waals surface area contributed by atoms with Crippen molar-refractivity contribution in [2.75, 3.05) is 29.4 Å². The van der Waals surface area contributed by atoms with Crippen LogP contribution in [0.1, 0.15) is 37.3 Å². The lowest BCUT2D eigenvalue weighted by Gasteiger charge is -2.28. The molecule has 5 rings (SSSR count). The summed E-state index contributed by atoms with van der Waals surface area (Å²) in [4.78, 5) is 14.5. The molecule has 30 heavy (non-hydrogen) atoms. The second kappa shape index (κ2) is 7.38. The molecule has 1 saturated carbocycles. The summed E-state index contributed by atoms with van der Waals surface area (Å²) in [5.74, 6) is 0.0392. The summed E-state index contributed by atoms with van der Waals surface area (Å²) in [6.07, 6.45) is 3.87. The highest BCUT2D eigenvalue weighted by atomic mass is 35.5. The highest BCUT2D eigenvalue weighted by Crippen LogP contribution is 2.45. The number of nitro groups is 1. The highest BCUT2D eigenvalue weighted by Gasteiger charge is 2.41. The number of halogens is 3. The summed E-state index contributed by atoms with van der Waals surface area (Å²) >= 11 is 5.94. The van der Waals surface area contributed by atoms with Crippen LogP contribution in [0.5, 0.6) is 0 Å². The van der Waals surface area contributed by atoms with Gasteiger partial charge in [0.1, 0.15) is 10.7 Å².